The summed E-state index contributed by atoms with van der Waals surface area (Å²) in [6.07, 6.45) is 8.00. The van der Waals surface area contributed by atoms with Gasteiger partial charge in [0, 0.05) is 32.5 Å². The van der Waals surface area contributed by atoms with Crippen molar-refractivity contribution in [3.8, 4) is 0 Å². The van der Waals surface area contributed by atoms with Crippen molar-refractivity contribution in [3.63, 3.8) is 0 Å². The number of amidine groups is 1. The van der Waals surface area contributed by atoms with E-state index in [0.717, 1.165) is 48.9 Å². The average Bonchev–Trinajstić information content (AvgIpc) is 3.16. The van der Waals surface area contributed by atoms with Gasteiger partial charge in [-0.25, -0.2) is 0 Å². The fourth-order valence-corrected chi connectivity index (χ4v) is 3.46. The first kappa shape index (κ1) is 14.4. The summed E-state index contributed by atoms with van der Waals surface area (Å²) in [5.41, 5.74) is 2.15. The molecule has 2 N–H and O–H groups in total. The molecular formula is C17H23N5O. The van der Waals surface area contributed by atoms with E-state index in [2.05, 4.69) is 39.5 Å². The highest BCUT2D eigenvalue weighted by molar-refractivity contribution is 6.09. The molecule has 0 radical (unpaired) electrons. The number of anilines is 2. The van der Waals surface area contributed by atoms with Gasteiger partial charge in [-0.05, 0) is 32.0 Å². The highest BCUT2D eigenvalue weighted by Crippen LogP contribution is 2.37. The second kappa shape index (κ2) is 5.45. The van der Waals surface area contributed by atoms with Gasteiger partial charge in [-0.3, -0.25) is 4.99 Å². The van der Waals surface area contributed by atoms with Crippen molar-refractivity contribution in [2.75, 3.05) is 30.8 Å². The van der Waals surface area contributed by atoms with Gasteiger partial charge in [-0.2, -0.15) is 0 Å². The zero-order valence-electron chi connectivity index (χ0n) is 13.7. The lowest BCUT2D eigenvalue weighted by molar-refractivity contribution is 0.240. The van der Waals surface area contributed by atoms with Crippen molar-refractivity contribution >= 4 is 17.2 Å². The topological polar surface area (TPSA) is 57.7 Å². The summed E-state index contributed by atoms with van der Waals surface area (Å²) in [4.78, 5) is 7.23. The van der Waals surface area contributed by atoms with Crippen LogP contribution in [0.25, 0.3) is 0 Å². The van der Waals surface area contributed by atoms with Crippen LogP contribution < -0.4 is 10.6 Å². The normalized spacial score (nSPS) is 21.9. The first-order valence-electron chi connectivity index (χ1n) is 8.12. The van der Waals surface area contributed by atoms with Gasteiger partial charge in [0.25, 0.3) is 0 Å². The van der Waals surface area contributed by atoms with E-state index in [9.17, 15) is 0 Å². The Bertz CT molecular complexity index is 707. The number of hydrogen-bond donors (Lipinski definition) is 2. The lowest BCUT2D eigenvalue weighted by atomic mass is 9.84. The molecule has 1 spiro atoms. The van der Waals surface area contributed by atoms with E-state index in [1.54, 1.807) is 6.26 Å². The predicted molar refractivity (Wildman–Crippen MR) is 92.0 cm³/mol. The Morgan fingerprint density at radius 2 is 2.00 bits per heavy atom. The lowest BCUT2D eigenvalue weighted by Crippen LogP contribution is -2.57. The van der Waals surface area contributed by atoms with Gasteiger partial charge in [-0.1, -0.05) is 0 Å². The molecule has 0 unspecified atom stereocenters. The average molecular weight is 313 g/mol. The summed E-state index contributed by atoms with van der Waals surface area (Å²) in [6, 6.07) is 3.87. The number of rotatable bonds is 2. The van der Waals surface area contributed by atoms with Crippen LogP contribution in [0.2, 0.25) is 0 Å². The zero-order chi connectivity index (χ0) is 15.9. The molecule has 2 aliphatic heterocycles. The van der Waals surface area contributed by atoms with Gasteiger partial charge in [-0.15, -0.1) is 0 Å². The standard InChI is InChI=1S/C17H23N5O/c1-21-7-5-17(6-8-21)16(18-10-13-4-3-9-23-13)19-14-11-22(2)12-15(14)20-17/h3-4,9,11-12,20H,5-8,10H2,1-2H3,(H,18,19). The van der Waals surface area contributed by atoms with E-state index >= 15 is 0 Å². The molecule has 0 aromatic carbocycles. The molecule has 122 valence electrons. The van der Waals surface area contributed by atoms with Gasteiger partial charge >= 0.3 is 0 Å². The lowest BCUT2D eigenvalue weighted by Gasteiger charge is -2.45. The molecule has 2 aromatic heterocycles. The molecule has 0 atom stereocenters. The summed E-state index contributed by atoms with van der Waals surface area (Å²) in [5, 5.41) is 7.32. The number of aliphatic imine (C=N–C) groups is 1. The Hall–Kier alpha value is -2.21. The monoisotopic (exact) mass is 313 g/mol. The van der Waals surface area contributed by atoms with Crippen molar-refractivity contribution in [1.82, 2.24) is 9.47 Å². The molecule has 0 saturated carbocycles. The smallest absolute Gasteiger partial charge is 0.127 e. The van der Waals surface area contributed by atoms with Gasteiger partial charge < -0.3 is 24.5 Å². The van der Waals surface area contributed by atoms with Crippen LogP contribution in [0.4, 0.5) is 11.4 Å². The van der Waals surface area contributed by atoms with E-state index in [1.807, 2.05) is 19.2 Å². The zero-order valence-corrected chi connectivity index (χ0v) is 13.7. The Balaban J connectivity index is 1.66. The Morgan fingerprint density at radius 3 is 2.74 bits per heavy atom. The molecule has 0 bridgehead atoms. The third kappa shape index (κ3) is 2.63. The van der Waals surface area contributed by atoms with Crippen molar-refractivity contribution in [2.24, 2.45) is 12.0 Å². The molecule has 4 rings (SSSR count). The fraction of sp³-hybridized carbons (Fsp3) is 0.471. The first-order valence-corrected chi connectivity index (χ1v) is 8.12. The molecule has 0 amide bonds. The number of likely N-dealkylation sites (tertiary alicyclic amines) is 1. The van der Waals surface area contributed by atoms with Crippen LogP contribution >= 0.6 is 0 Å². The molecule has 4 heterocycles. The summed E-state index contributed by atoms with van der Waals surface area (Å²) in [6.45, 7) is 2.70. The maximum atomic E-state index is 5.42. The van der Waals surface area contributed by atoms with Crippen molar-refractivity contribution in [3.05, 3.63) is 36.5 Å². The predicted octanol–water partition coefficient (Wildman–Crippen LogP) is 2.52. The van der Waals surface area contributed by atoms with Crippen LogP contribution in [0.15, 0.2) is 40.2 Å². The van der Waals surface area contributed by atoms with Gasteiger partial charge in [0.1, 0.15) is 11.6 Å². The van der Waals surface area contributed by atoms with Gasteiger partial charge in [0.15, 0.2) is 0 Å². The number of furan rings is 1. The summed E-state index contributed by atoms with van der Waals surface area (Å²) < 4.78 is 7.50. The molecule has 1 fully saturated rings. The minimum atomic E-state index is -0.104. The molecule has 23 heavy (non-hydrogen) atoms. The second-order valence-corrected chi connectivity index (χ2v) is 6.63. The van der Waals surface area contributed by atoms with E-state index in [1.165, 1.54) is 0 Å². The Kier molecular flexibility index (Phi) is 3.41. The summed E-state index contributed by atoms with van der Waals surface area (Å²) in [5.74, 6) is 1.92. The highest BCUT2D eigenvalue weighted by Gasteiger charge is 2.42. The largest absolute Gasteiger partial charge is 0.467 e. The Labute approximate surface area is 136 Å². The van der Waals surface area contributed by atoms with Crippen molar-refractivity contribution < 1.29 is 4.42 Å². The third-order valence-electron chi connectivity index (χ3n) is 4.85. The molecule has 2 aromatic rings. The first-order chi connectivity index (χ1) is 11.1. The van der Waals surface area contributed by atoms with Crippen LogP contribution in [-0.4, -0.2) is 41.0 Å². The number of aryl methyl sites for hydroxylation is 1. The molecule has 0 aliphatic carbocycles. The maximum absolute atomic E-state index is 5.42. The third-order valence-corrected chi connectivity index (χ3v) is 4.85. The quantitative estimate of drug-likeness (QED) is 0.894. The number of piperidine rings is 1. The van der Waals surface area contributed by atoms with E-state index < -0.39 is 0 Å². The van der Waals surface area contributed by atoms with E-state index in [0.29, 0.717) is 6.54 Å². The van der Waals surface area contributed by atoms with Crippen LogP contribution in [0.1, 0.15) is 18.6 Å². The van der Waals surface area contributed by atoms with E-state index in [-0.39, 0.29) is 5.54 Å². The fourth-order valence-electron chi connectivity index (χ4n) is 3.46. The number of hydrogen-bond acceptors (Lipinski definition) is 4. The Morgan fingerprint density at radius 1 is 1.22 bits per heavy atom. The highest BCUT2D eigenvalue weighted by atomic mass is 16.3. The number of fused-ring (bicyclic) bond motifs is 1. The van der Waals surface area contributed by atoms with Crippen molar-refractivity contribution in [2.45, 2.75) is 24.9 Å². The number of aromatic nitrogens is 1. The molecule has 6 heteroatoms. The number of nitrogens with zero attached hydrogens (tertiary/aromatic N) is 3. The molecule has 1 saturated heterocycles. The summed E-state index contributed by atoms with van der Waals surface area (Å²) in [7, 11) is 4.22. The second-order valence-electron chi connectivity index (χ2n) is 6.63. The SMILES string of the molecule is CN1CCC2(CC1)Nc1cn(C)cc1NC2=NCc1ccco1. The molecule has 6 nitrogen and oxygen atoms in total. The van der Waals surface area contributed by atoms with E-state index in [4.69, 9.17) is 9.41 Å². The summed E-state index contributed by atoms with van der Waals surface area (Å²) >= 11 is 0. The van der Waals surface area contributed by atoms with Crippen LogP contribution in [-0.2, 0) is 13.6 Å². The maximum Gasteiger partial charge on any atom is 0.127 e. The van der Waals surface area contributed by atoms with Gasteiger partial charge in [0.2, 0.25) is 0 Å². The molecule has 2 aliphatic rings. The van der Waals surface area contributed by atoms with Crippen LogP contribution in [0, 0.1) is 0 Å². The van der Waals surface area contributed by atoms with Crippen LogP contribution in [0.5, 0.6) is 0 Å². The minimum absolute atomic E-state index is 0.104. The van der Waals surface area contributed by atoms with Gasteiger partial charge in [0.05, 0.1) is 29.7 Å². The minimum Gasteiger partial charge on any atom is -0.467 e. The van der Waals surface area contributed by atoms with Crippen molar-refractivity contribution in [1.29, 1.82) is 0 Å². The van der Waals surface area contributed by atoms with Crippen LogP contribution in [0.3, 0.4) is 0 Å². The number of nitrogens with one attached hydrogen (secondary N) is 2. The molecular weight excluding hydrogens is 290 g/mol.